The van der Waals surface area contributed by atoms with E-state index in [0.29, 0.717) is 6.54 Å². The third kappa shape index (κ3) is 3.76. The SMILES string of the molecule is CN1CCCN(Cc2cn(CCN)nn2)CC1. The summed E-state index contributed by atoms with van der Waals surface area (Å²) in [6.07, 6.45) is 3.23. The second-order valence-electron chi connectivity index (χ2n) is 4.69. The van der Waals surface area contributed by atoms with Crippen molar-refractivity contribution in [1.82, 2.24) is 24.8 Å². The van der Waals surface area contributed by atoms with Crippen LogP contribution >= 0.6 is 0 Å². The van der Waals surface area contributed by atoms with Crippen LogP contribution in [0.4, 0.5) is 0 Å². The van der Waals surface area contributed by atoms with Gasteiger partial charge in [-0.3, -0.25) is 9.58 Å². The lowest BCUT2D eigenvalue weighted by Gasteiger charge is -2.18. The lowest BCUT2D eigenvalue weighted by Crippen LogP contribution is -2.28. The molecule has 6 heteroatoms. The molecule has 96 valence electrons. The minimum atomic E-state index is 0.608. The Hall–Kier alpha value is -0.980. The molecular weight excluding hydrogens is 216 g/mol. The van der Waals surface area contributed by atoms with E-state index >= 15 is 0 Å². The molecule has 0 radical (unpaired) electrons. The molecule has 1 aliphatic heterocycles. The van der Waals surface area contributed by atoms with Crippen LogP contribution in [0.2, 0.25) is 0 Å². The quantitative estimate of drug-likeness (QED) is 0.757. The molecule has 1 aromatic heterocycles. The van der Waals surface area contributed by atoms with Gasteiger partial charge in [-0.1, -0.05) is 5.21 Å². The molecule has 1 fully saturated rings. The van der Waals surface area contributed by atoms with Gasteiger partial charge in [-0.05, 0) is 26.6 Å². The van der Waals surface area contributed by atoms with E-state index < -0.39 is 0 Å². The van der Waals surface area contributed by atoms with Gasteiger partial charge in [0.15, 0.2) is 0 Å². The van der Waals surface area contributed by atoms with E-state index in [4.69, 9.17) is 5.73 Å². The predicted octanol–water partition coefficient (Wildman–Crippen LogP) is -0.626. The van der Waals surface area contributed by atoms with Crippen LogP contribution in [0.3, 0.4) is 0 Å². The van der Waals surface area contributed by atoms with Crippen LogP contribution in [0.5, 0.6) is 0 Å². The molecule has 1 saturated heterocycles. The fourth-order valence-electron chi connectivity index (χ4n) is 2.14. The van der Waals surface area contributed by atoms with Crippen LogP contribution in [0.1, 0.15) is 12.1 Å². The predicted molar refractivity (Wildman–Crippen MR) is 66.5 cm³/mol. The first-order valence-corrected chi connectivity index (χ1v) is 6.28. The van der Waals surface area contributed by atoms with Crippen molar-refractivity contribution in [2.45, 2.75) is 19.5 Å². The van der Waals surface area contributed by atoms with Crippen molar-refractivity contribution in [3.8, 4) is 0 Å². The maximum Gasteiger partial charge on any atom is 0.0967 e. The van der Waals surface area contributed by atoms with Gasteiger partial charge in [0.05, 0.1) is 12.2 Å². The van der Waals surface area contributed by atoms with Crippen molar-refractivity contribution < 1.29 is 0 Å². The largest absolute Gasteiger partial charge is 0.329 e. The third-order valence-corrected chi connectivity index (χ3v) is 3.14. The number of hydrogen-bond donors (Lipinski definition) is 1. The standard InChI is InChI=1S/C11H22N6/c1-15-4-2-5-16(8-7-15)9-11-10-17(6-3-12)14-13-11/h10H,2-9,12H2,1H3. The first kappa shape index (κ1) is 12.5. The Labute approximate surface area is 102 Å². The number of hydrogen-bond acceptors (Lipinski definition) is 5. The number of nitrogens with zero attached hydrogens (tertiary/aromatic N) is 5. The summed E-state index contributed by atoms with van der Waals surface area (Å²) in [7, 11) is 2.18. The molecule has 0 unspecified atom stereocenters. The van der Waals surface area contributed by atoms with Gasteiger partial charge in [-0.2, -0.15) is 0 Å². The Bertz CT molecular complexity index is 336. The smallest absolute Gasteiger partial charge is 0.0967 e. The fraction of sp³-hybridized carbons (Fsp3) is 0.818. The molecule has 1 aliphatic rings. The van der Waals surface area contributed by atoms with Crippen molar-refractivity contribution in [1.29, 1.82) is 0 Å². The molecule has 2 heterocycles. The van der Waals surface area contributed by atoms with Crippen LogP contribution < -0.4 is 5.73 Å². The number of aromatic nitrogens is 3. The van der Waals surface area contributed by atoms with E-state index in [-0.39, 0.29) is 0 Å². The van der Waals surface area contributed by atoms with Gasteiger partial charge in [-0.15, -0.1) is 5.10 Å². The van der Waals surface area contributed by atoms with Crippen molar-refractivity contribution in [3.63, 3.8) is 0 Å². The molecular formula is C11H22N6. The summed E-state index contributed by atoms with van der Waals surface area (Å²) < 4.78 is 1.82. The normalized spacial score (nSPS) is 19.4. The lowest BCUT2D eigenvalue weighted by molar-refractivity contribution is 0.266. The van der Waals surface area contributed by atoms with Crippen LogP contribution in [0.15, 0.2) is 6.20 Å². The van der Waals surface area contributed by atoms with Crippen LogP contribution in [-0.4, -0.2) is 64.6 Å². The van der Waals surface area contributed by atoms with Gasteiger partial charge in [0.2, 0.25) is 0 Å². The molecule has 0 amide bonds. The summed E-state index contributed by atoms with van der Waals surface area (Å²) >= 11 is 0. The summed E-state index contributed by atoms with van der Waals surface area (Å²) in [6, 6.07) is 0. The van der Waals surface area contributed by atoms with Gasteiger partial charge in [0.25, 0.3) is 0 Å². The monoisotopic (exact) mass is 238 g/mol. The summed E-state index contributed by atoms with van der Waals surface area (Å²) in [5.41, 5.74) is 6.53. The number of likely N-dealkylation sites (N-methyl/N-ethyl adjacent to an activating group) is 1. The first-order valence-electron chi connectivity index (χ1n) is 6.28. The average Bonchev–Trinajstić information content (AvgIpc) is 2.63. The molecule has 17 heavy (non-hydrogen) atoms. The zero-order valence-electron chi connectivity index (χ0n) is 10.5. The summed E-state index contributed by atoms with van der Waals surface area (Å²) in [5.74, 6) is 0. The molecule has 1 aromatic rings. The van der Waals surface area contributed by atoms with Crippen molar-refractivity contribution in [2.24, 2.45) is 5.73 Å². The first-order chi connectivity index (χ1) is 8.28. The lowest BCUT2D eigenvalue weighted by atomic mass is 10.3. The highest BCUT2D eigenvalue weighted by Crippen LogP contribution is 2.05. The Kier molecular flexibility index (Phi) is 4.47. The summed E-state index contributed by atoms with van der Waals surface area (Å²) in [6.45, 7) is 6.84. The topological polar surface area (TPSA) is 63.2 Å². The molecule has 0 spiro atoms. The molecule has 0 atom stereocenters. The number of nitrogens with two attached hydrogens (primary N) is 1. The second kappa shape index (κ2) is 6.09. The zero-order chi connectivity index (χ0) is 12.1. The minimum Gasteiger partial charge on any atom is -0.329 e. The molecule has 2 N–H and O–H groups in total. The van der Waals surface area contributed by atoms with E-state index in [1.807, 2.05) is 10.9 Å². The van der Waals surface area contributed by atoms with Gasteiger partial charge in [-0.25, -0.2) is 0 Å². The molecule has 0 bridgehead atoms. The van der Waals surface area contributed by atoms with Crippen molar-refractivity contribution in [3.05, 3.63) is 11.9 Å². The van der Waals surface area contributed by atoms with E-state index in [2.05, 4.69) is 27.2 Å². The van der Waals surface area contributed by atoms with Gasteiger partial charge in [0.1, 0.15) is 0 Å². The van der Waals surface area contributed by atoms with Gasteiger partial charge >= 0.3 is 0 Å². The maximum absolute atomic E-state index is 5.49. The molecule has 0 aliphatic carbocycles. The highest BCUT2D eigenvalue weighted by molar-refractivity contribution is 4.92. The molecule has 0 saturated carbocycles. The average molecular weight is 238 g/mol. The van der Waals surface area contributed by atoms with Crippen molar-refractivity contribution >= 4 is 0 Å². The second-order valence-corrected chi connectivity index (χ2v) is 4.69. The molecule has 0 aromatic carbocycles. The van der Waals surface area contributed by atoms with E-state index in [1.54, 1.807) is 0 Å². The highest BCUT2D eigenvalue weighted by Gasteiger charge is 2.13. The summed E-state index contributed by atoms with van der Waals surface area (Å²) in [4.78, 5) is 4.82. The maximum atomic E-state index is 5.49. The third-order valence-electron chi connectivity index (χ3n) is 3.14. The minimum absolute atomic E-state index is 0.608. The van der Waals surface area contributed by atoms with E-state index in [1.165, 1.54) is 13.0 Å². The highest BCUT2D eigenvalue weighted by atomic mass is 15.4. The summed E-state index contributed by atoms with van der Waals surface area (Å²) in [5, 5.41) is 8.24. The van der Waals surface area contributed by atoms with Crippen molar-refractivity contribution in [2.75, 3.05) is 39.8 Å². The Balaban J connectivity index is 1.86. The van der Waals surface area contributed by atoms with Crippen LogP contribution in [0.25, 0.3) is 0 Å². The van der Waals surface area contributed by atoms with E-state index in [0.717, 1.165) is 38.4 Å². The number of rotatable bonds is 4. The Morgan fingerprint density at radius 3 is 3.00 bits per heavy atom. The van der Waals surface area contributed by atoms with Crippen LogP contribution in [-0.2, 0) is 13.1 Å². The molecule has 2 rings (SSSR count). The van der Waals surface area contributed by atoms with Crippen LogP contribution in [0, 0.1) is 0 Å². The van der Waals surface area contributed by atoms with E-state index in [9.17, 15) is 0 Å². The Morgan fingerprint density at radius 1 is 1.29 bits per heavy atom. The van der Waals surface area contributed by atoms with Gasteiger partial charge in [0, 0.05) is 32.4 Å². The fourth-order valence-corrected chi connectivity index (χ4v) is 2.14. The zero-order valence-corrected chi connectivity index (χ0v) is 10.5. The van der Waals surface area contributed by atoms with Gasteiger partial charge < -0.3 is 10.6 Å². The molecule has 6 nitrogen and oxygen atoms in total. The Morgan fingerprint density at radius 2 is 2.18 bits per heavy atom.